The molecule has 0 saturated carbocycles. The van der Waals surface area contributed by atoms with Gasteiger partial charge in [0.1, 0.15) is 6.61 Å². The van der Waals surface area contributed by atoms with Gasteiger partial charge in [-0.1, -0.05) is 12.6 Å². The molecule has 0 unspecified atom stereocenters. The van der Waals surface area contributed by atoms with Crippen LogP contribution in [0.1, 0.15) is 17.3 Å². The molecule has 0 bridgehead atoms. The Balaban J connectivity index is 2.99. The summed E-state index contributed by atoms with van der Waals surface area (Å²) in [6, 6.07) is 5.18. The van der Waals surface area contributed by atoms with Gasteiger partial charge in [-0.3, -0.25) is 4.79 Å². The molecule has 0 amide bonds. The largest absolute Gasteiger partial charge is 0.493 e. The average molecular weight is 206 g/mol. The minimum absolute atomic E-state index is 0.376. The molecule has 0 saturated heterocycles. The molecule has 0 fully saturated rings. The molecular weight excluding hydrogens is 192 g/mol. The number of hydrogen-bond donors (Lipinski definition) is 0. The number of carbonyl (C=O) groups excluding carboxylic acids is 1. The Bertz CT molecular complexity index is 369. The maximum atomic E-state index is 10.8. The second-order valence-corrected chi connectivity index (χ2v) is 3.24. The zero-order chi connectivity index (χ0) is 11.3. The zero-order valence-electron chi connectivity index (χ0n) is 8.95. The van der Waals surface area contributed by atoms with Crippen molar-refractivity contribution in [3.63, 3.8) is 0 Å². The molecule has 15 heavy (non-hydrogen) atoms. The van der Waals surface area contributed by atoms with Crippen LogP contribution in [0.25, 0.3) is 0 Å². The monoisotopic (exact) mass is 206 g/mol. The Labute approximate surface area is 89.3 Å². The predicted octanol–water partition coefficient (Wildman–Crippen LogP) is 2.46. The first-order chi connectivity index (χ1) is 7.19. The second kappa shape index (κ2) is 5.20. The van der Waals surface area contributed by atoms with Crippen LogP contribution < -0.4 is 9.47 Å². The molecule has 80 valence electrons. The zero-order valence-corrected chi connectivity index (χ0v) is 8.95. The first-order valence-electron chi connectivity index (χ1n) is 4.58. The minimum Gasteiger partial charge on any atom is -0.493 e. The molecular formula is C12H14O3. The van der Waals surface area contributed by atoms with Gasteiger partial charge in [0.2, 0.25) is 0 Å². The van der Waals surface area contributed by atoms with Crippen molar-refractivity contribution >= 4 is 6.29 Å². The van der Waals surface area contributed by atoms with E-state index in [0.717, 1.165) is 11.9 Å². The summed E-state index contributed by atoms with van der Waals surface area (Å²) in [5, 5.41) is 0. The highest BCUT2D eigenvalue weighted by atomic mass is 16.5. The smallest absolute Gasteiger partial charge is 0.172 e. The third-order valence-corrected chi connectivity index (χ3v) is 1.82. The summed E-state index contributed by atoms with van der Waals surface area (Å²) < 4.78 is 10.6. The van der Waals surface area contributed by atoms with Crippen LogP contribution in [0.5, 0.6) is 11.5 Å². The van der Waals surface area contributed by atoms with Crippen molar-refractivity contribution < 1.29 is 14.3 Å². The molecule has 3 heteroatoms. The lowest BCUT2D eigenvalue weighted by Gasteiger charge is -2.12. The minimum atomic E-state index is 0.376. The molecule has 0 aromatic heterocycles. The van der Waals surface area contributed by atoms with E-state index in [1.807, 2.05) is 6.92 Å². The third-order valence-electron chi connectivity index (χ3n) is 1.82. The van der Waals surface area contributed by atoms with Crippen LogP contribution in [0, 0.1) is 0 Å². The summed E-state index contributed by atoms with van der Waals surface area (Å²) in [6.45, 7) is 5.96. The number of hydrogen-bond acceptors (Lipinski definition) is 3. The Morgan fingerprint density at radius 3 is 2.80 bits per heavy atom. The Hall–Kier alpha value is -1.77. The summed E-state index contributed by atoms with van der Waals surface area (Å²) >= 11 is 0. The highest BCUT2D eigenvalue weighted by Gasteiger charge is 2.09. The number of benzene rings is 1. The number of carbonyl (C=O) groups is 1. The Morgan fingerprint density at radius 2 is 2.27 bits per heavy atom. The van der Waals surface area contributed by atoms with Gasteiger partial charge >= 0.3 is 0 Å². The number of para-hydroxylation sites is 1. The highest BCUT2D eigenvalue weighted by Crippen LogP contribution is 2.30. The molecule has 0 radical (unpaired) electrons. The second-order valence-electron chi connectivity index (χ2n) is 3.24. The van der Waals surface area contributed by atoms with Gasteiger partial charge in [0.05, 0.1) is 12.7 Å². The third kappa shape index (κ3) is 2.84. The van der Waals surface area contributed by atoms with Crippen molar-refractivity contribution in [2.75, 3.05) is 13.7 Å². The fourth-order valence-corrected chi connectivity index (χ4v) is 1.14. The summed E-state index contributed by atoms with van der Waals surface area (Å²) in [6.07, 6.45) is 0.746. The van der Waals surface area contributed by atoms with Crippen LogP contribution in [0.3, 0.4) is 0 Å². The molecule has 0 heterocycles. The SMILES string of the molecule is C=C(C)COc1c(C=O)cccc1OC. The van der Waals surface area contributed by atoms with E-state index in [9.17, 15) is 4.79 Å². The van der Waals surface area contributed by atoms with Crippen molar-refractivity contribution in [2.24, 2.45) is 0 Å². The van der Waals surface area contributed by atoms with E-state index < -0.39 is 0 Å². The van der Waals surface area contributed by atoms with Crippen molar-refractivity contribution in [1.82, 2.24) is 0 Å². The molecule has 0 aliphatic rings. The highest BCUT2D eigenvalue weighted by molar-refractivity contribution is 5.81. The van der Waals surface area contributed by atoms with Crippen molar-refractivity contribution in [3.8, 4) is 11.5 Å². The summed E-state index contributed by atoms with van der Waals surface area (Å²) in [7, 11) is 1.54. The average Bonchev–Trinajstić information content (AvgIpc) is 2.25. The van der Waals surface area contributed by atoms with Crippen LogP contribution in [0.2, 0.25) is 0 Å². The van der Waals surface area contributed by atoms with Crippen LogP contribution in [-0.4, -0.2) is 20.0 Å². The van der Waals surface area contributed by atoms with E-state index in [1.165, 1.54) is 7.11 Å². The maximum absolute atomic E-state index is 10.8. The molecule has 0 atom stereocenters. The summed E-state index contributed by atoms with van der Waals surface area (Å²) in [5.41, 5.74) is 1.37. The predicted molar refractivity (Wildman–Crippen MR) is 58.7 cm³/mol. The first-order valence-corrected chi connectivity index (χ1v) is 4.58. The molecule has 0 aliphatic heterocycles. The number of methoxy groups -OCH3 is 1. The van der Waals surface area contributed by atoms with Crippen molar-refractivity contribution in [2.45, 2.75) is 6.92 Å². The first kappa shape index (κ1) is 11.3. The number of aldehydes is 1. The topological polar surface area (TPSA) is 35.5 Å². The number of rotatable bonds is 5. The van der Waals surface area contributed by atoms with E-state index in [2.05, 4.69) is 6.58 Å². The van der Waals surface area contributed by atoms with Gasteiger partial charge in [0.15, 0.2) is 17.8 Å². The molecule has 1 aromatic carbocycles. The van der Waals surface area contributed by atoms with Gasteiger partial charge in [-0.2, -0.15) is 0 Å². The van der Waals surface area contributed by atoms with E-state index in [-0.39, 0.29) is 0 Å². The molecule has 1 aromatic rings. The Morgan fingerprint density at radius 1 is 1.53 bits per heavy atom. The van der Waals surface area contributed by atoms with Crippen LogP contribution in [0.15, 0.2) is 30.4 Å². The molecule has 0 N–H and O–H groups in total. The van der Waals surface area contributed by atoms with E-state index >= 15 is 0 Å². The lowest BCUT2D eigenvalue weighted by Crippen LogP contribution is -2.02. The lowest BCUT2D eigenvalue weighted by molar-refractivity contribution is 0.111. The summed E-state index contributed by atoms with van der Waals surface area (Å²) in [4.78, 5) is 10.8. The van der Waals surface area contributed by atoms with Gasteiger partial charge in [-0.05, 0) is 24.6 Å². The van der Waals surface area contributed by atoms with Crippen molar-refractivity contribution in [3.05, 3.63) is 35.9 Å². The van der Waals surface area contributed by atoms with Gasteiger partial charge in [0.25, 0.3) is 0 Å². The quantitative estimate of drug-likeness (QED) is 0.548. The fraction of sp³-hybridized carbons (Fsp3) is 0.250. The molecule has 0 aliphatic carbocycles. The summed E-state index contributed by atoms with van der Waals surface area (Å²) in [5.74, 6) is 1.03. The van der Waals surface area contributed by atoms with Crippen LogP contribution in [0.4, 0.5) is 0 Å². The number of ether oxygens (including phenoxy) is 2. The normalized spacial score (nSPS) is 9.47. The molecule has 0 spiro atoms. The van der Waals surface area contributed by atoms with Gasteiger partial charge in [0, 0.05) is 0 Å². The van der Waals surface area contributed by atoms with Gasteiger partial charge in [-0.25, -0.2) is 0 Å². The maximum Gasteiger partial charge on any atom is 0.172 e. The molecule has 3 nitrogen and oxygen atoms in total. The standard InChI is InChI=1S/C12H14O3/c1-9(2)8-15-12-10(7-13)5-4-6-11(12)14-3/h4-7H,1,8H2,2-3H3. The van der Waals surface area contributed by atoms with E-state index in [4.69, 9.17) is 9.47 Å². The van der Waals surface area contributed by atoms with Crippen LogP contribution >= 0.6 is 0 Å². The Kier molecular flexibility index (Phi) is 3.92. The van der Waals surface area contributed by atoms with E-state index in [1.54, 1.807) is 18.2 Å². The fourth-order valence-electron chi connectivity index (χ4n) is 1.14. The van der Waals surface area contributed by atoms with Crippen LogP contribution in [-0.2, 0) is 0 Å². The van der Waals surface area contributed by atoms with Gasteiger partial charge < -0.3 is 9.47 Å². The van der Waals surface area contributed by atoms with E-state index in [0.29, 0.717) is 23.7 Å². The lowest BCUT2D eigenvalue weighted by atomic mass is 10.2. The molecule has 1 rings (SSSR count). The van der Waals surface area contributed by atoms with Gasteiger partial charge in [-0.15, -0.1) is 0 Å². The van der Waals surface area contributed by atoms with Crippen molar-refractivity contribution in [1.29, 1.82) is 0 Å².